The quantitative estimate of drug-likeness (QED) is 0.513. The first-order chi connectivity index (χ1) is 13.1. The first kappa shape index (κ1) is 21.8. The number of nitrogens with two attached hydrogens (primary N) is 1. The van der Waals surface area contributed by atoms with E-state index in [4.69, 9.17) is 10.5 Å². The second-order valence-corrected chi connectivity index (χ2v) is 7.02. The van der Waals surface area contributed by atoms with Crippen molar-refractivity contribution in [3.63, 3.8) is 0 Å². The van der Waals surface area contributed by atoms with Crippen LogP contribution in [0.25, 0.3) is 0 Å². The molecule has 0 saturated carbocycles. The van der Waals surface area contributed by atoms with Gasteiger partial charge in [-0.15, -0.1) is 5.10 Å². The Labute approximate surface area is 159 Å². The van der Waals surface area contributed by atoms with E-state index in [1.807, 2.05) is 6.92 Å². The van der Waals surface area contributed by atoms with Crippen molar-refractivity contribution in [1.29, 1.82) is 0 Å². The summed E-state index contributed by atoms with van der Waals surface area (Å²) in [5, 5.41) is 7.86. The summed E-state index contributed by atoms with van der Waals surface area (Å²) >= 11 is 0. The van der Waals surface area contributed by atoms with Gasteiger partial charge in [-0.3, -0.25) is 4.79 Å². The van der Waals surface area contributed by atoms with Crippen LogP contribution >= 0.6 is 0 Å². The van der Waals surface area contributed by atoms with Crippen LogP contribution in [0, 0.1) is 23.3 Å². The number of unbranched alkanes of at least 4 members (excludes halogenated alkanes) is 1. The van der Waals surface area contributed by atoms with E-state index in [0.29, 0.717) is 18.5 Å². The molecule has 1 aromatic heterocycles. The lowest BCUT2D eigenvalue weighted by atomic mass is 10.0. The molecule has 0 aliphatic heterocycles. The zero-order chi connectivity index (χ0) is 21.1. The zero-order valence-corrected chi connectivity index (χ0v) is 15.8. The van der Waals surface area contributed by atoms with Gasteiger partial charge in [-0.1, -0.05) is 25.0 Å². The van der Waals surface area contributed by atoms with Gasteiger partial charge < -0.3 is 10.5 Å². The number of aromatic nitrogens is 3. The van der Waals surface area contributed by atoms with Crippen LogP contribution in [0.3, 0.4) is 0 Å². The molecule has 0 spiro atoms. The summed E-state index contributed by atoms with van der Waals surface area (Å²) in [6.45, 7) is 4.56. The summed E-state index contributed by atoms with van der Waals surface area (Å²) in [6, 6.07) is -0.761. The summed E-state index contributed by atoms with van der Waals surface area (Å²) in [5.41, 5.74) is 5.63. The first-order valence-electron chi connectivity index (χ1n) is 8.76. The second-order valence-electron chi connectivity index (χ2n) is 7.02. The van der Waals surface area contributed by atoms with Crippen LogP contribution in [0.15, 0.2) is 12.3 Å². The lowest BCUT2D eigenvalue weighted by Gasteiger charge is -2.17. The van der Waals surface area contributed by atoms with Gasteiger partial charge in [-0.2, -0.15) is 8.78 Å². The summed E-state index contributed by atoms with van der Waals surface area (Å²) in [6.07, 6.45) is 3.33. The Morgan fingerprint density at radius 2 is 1.86 bits per heavy atom. The molecule has 0 aliphatic rings. The monoisotopic (exact) mass is 402 g/mol. The van der Waals surface area contributed by atoms with Crippen LogP contribution in [0.2, 0.25) is 0 Å². The van der Waals surface area contributed by atoms with Crippen molar-refractivity contribution in [2.24, 2.45) is 5.73 Å². The number of Topliss-reactive ketones (excluding diaryl/α,β-unsaturated/α-hetero) is 1. The minimum Gasteiger partial charge on any atom is -0.479 e. The minimum atomic E-state index is -1.70. The van der Waals surface area contributed by atoms with Gasteiger partial charge in [0.1, 0.15) is 18.3 Å². The molecule has 2 aromatic rings. The highest BCUT2D eigenvalue weighted by atomic mass is 19.2. The molecule has 2 N–H and O–H groups in total. The summed E-state index contributed by atoms with van der Waals surface area (Å²) in [4.78, 5) is 12.6. The highest BCUT2D eigenvalue weighted by Crippen LogP contribution is 2.27. The number of nitrogens with zero attached hydrogens (tertiary/aromatic N) is 3. The number of ketones is 1. The van der Waals surface area contributed by atoms with E-state index in [0.717, 1.165) is 6.42 Å². The van der Waals surface area contributed by atoms with Crippen molar-refractivity contribution in [1.82, 2.24) is 15.0 Å². The molecule has 28 heavy (non-hydrogen) atoms. The van der Waals surface area contributed by atoms with Crippen molar-refractivity contribution >= 4 is 5.78 Å². The summed E-state index contributed by atoms with van der Waals surface area (Å²) < 4.78 is 60.0. The van der Waals surface area contributed by atoms with Gasteiger partial charge in [0.05, 0.1) is 11.7 Å². The van der Waals surface area contributed by atoms with Gasteiger partial charge in [0.25, 0.3) is 0 Å². The van der Waals surface area contributed by atoms with E-state index >= 15 is 0 Å². The molecule has 6 nitrogen and oxygen atoms in total. The fraction of sp³-hybridized carbons (Fsp3) is 0.500. The molecular weight excluding hydrogens is 380 g/mol. The maximum Gasteiger partial charge on any atom is 0.203 e. The van der Waals surface area contributed by atoms with Crippen molar-refractivity contribution in [2.75, 3.05) is 6.61 Å². The third kappa shape index (κ3) is 4.86. The molecule has 10 heteroatoms. The number of benzene rings is 1. The highest BCUT2D eigenvalue weighted by molar-refractivity contribution is 5.84. The van der Waals surface area contributed by atoms with Gasteiger partial charge in [0.15, 0.2) is 23.2 Å². The standard InChI is InChI=1S/C18H22F4N4O2/c1-4-5-6-12(26-8-14(24-25-26)18(2,3)23)13(27)9-28-17-15(21)10(19)7-11(20)16(17)22/h7-8,12H,4-6,9,23H2,1-3H3. The SMILES string of the molecule is CCCCC(C(=O)COc1c(F)c(F)cc(F)c1F)n1cc(C(C)(C)N)nn1. The van der Waals surface area contributed by atoms with Crippen LogP contribution in [0.4, 0.5) is 17.6 Å². The molecule has 2 rings (SSSR count). The van der Waals surface area contributed by atoms with E-state index < -0.39 is 53.0 Å². The average Bonchev–Trinajstić information content (AvgIpc) is 3.10. The maximum atomic E-state index is 13.7. The molecule has 1 unspecified atom stereocenters. The smallest absolute Gasteiger partial charge is 0.203 e. The number of carbonyl (C=O) groups is 1. The van der Waals surface area contributed by atoms with E-state index in [2.05, 4.69) is 10.3 Å². The number of halogens is 4. The third-order valence-corrected chi connectivity index (χ3v) is 4.12. The number of rotatable bonds is 9. The molecule has 0 saturated heterocycles. The molecule has 0 aliphatic carbocycles. The van der Waals surface area contributed by atoms with Crippen LogP contribution in [-0.2, 0) is 10.3 Å². The van der Waals surface area contributed by atoms with Gasteiger partial charge in [0.2, 0.25) is 11.6 Å². The molecule has 1 heterocycles. The molecule has 0 fully saturated rings. The molecule has 0 bridgehead atoms. The molecular formula is C18H22F4N4O2. The lowest BCUT2D eigenvalue weighted by Crippen LogP contribution is -2.29. The Hall–Kier alpha value is -2.49. The molecule has 154 valence electrons. The highest BCUT2D eigenvalue weighted by Gasteiger charge is 2.27. The minimum absolute atomic E-state index is 0.0644. The van der Waals surface area contributed by atoms with E-state index in [9.17, 15) is 22.4 Å². The van der Waals surface area contributed by atoms with Crippen molar-refractivity contribution in [2.45, 2.75) is 51.6 Å². The van der Waals surface area contributed by atoms with Gasteiger partial charge in [0, 0.05) is 6.07 Å². The van der Waals surface area contributed by atoms with Gasteiger partial charge >= 0.3 is 0 Å². The summed E-state index contributed by atoms with van der Waals surface area (Å²) in [5.74, 6) is -8.50. The second kappa shape index (κ2) is 8.68. The largest absolute Gasteiger partial charge is 0.479 e. The van der Waals surface area contributed by atoms with E-state index in [-0.39, 0.29) is 6.07 Å². The van der Waals surface area contributed by atoms with E-state index in [1.165, 1.54) is 10.9 Å². The van der Waals surface area contributed by atoms with Crippen LogP contribution < -0.4 is 10.5 Å². The van der Waals surface area contributed by atoms with Crippen LogP contribution in [0.1, 0.15) is 51.8 Å². The Kier molecular flexibility index (Phi) is 6.76. The van der Waals surface area contributed by atoms with E-state index in [1.54, 1.807) is 13.8 Å². The molecule has 0 amide bonds. The molecule has 1 atom stereocenters. The predicted molar refractivity (Wildman–Crippen MR) is 92.6 cm³/mol. The summed E-state index contributed by atoms with van der Waals surface area (Å²) in [7, 11) is 0. The lowest BCUT2D eigenvalue weighted by molar-refractivity contribution is -0.124. The normalized spacial score (nSPS) is 12.9. The van der Waals surface area contributed by atoms with Crippen molar-refractivity contribution in [3.8, 4) is 5.75 Å². The zero-order valence-electron chi connectivity index (χ0n) is 15.8. The van der Waals surface area contributed by atoms with Crippen LogP contribution in [0.5, 0.6) is 5.75 Å². The van der Waals surface area contributed by atoms with Crippen molar-refractivity contribution in [3.05, 3.63) is 41.2 Å². The fourth-order valence-corrected chi connectivity index (χ4v) is 2.48. The third-order valence-electron chi connectivity index (χ3n) is 4.12. The Bertz CT molecular complexity index is 823. The first-order valence-corrected chi connectivity index (χ1v) is 8.76. The van der Waals surface area contributed by atoms with Gasteiger partial charge in [-0.25, -0.2) is 13.5 Å². The maximum absolute atomic E-state index is 13.7. The molecule has 0 radical (unpaired) electrons. The van der Waals surface area contributed by atoms with Crippen molar-refractivity contribution < 1.29 is 27.1 Å². The van der Waals surface area contributed by atoms with Crippen LogP contribution in [-0.4, -0.2) is 27.4 Å². The predicted octanol–water partition coefficient (Wildman–Crippen LogP) is 3.41. The Morgan fingerprint density at radius 1 is 1.25 bits per heavy atom. The molecule has 1 aromatic carbocycles. The van der Waals surface area contributed by atoms with Gasteiger partial charge in [-0.05, 0) is 20.3 Å². The number of hydrogen-bond donors (Lipinski definition) is 1. The number of ether oxygens (including phenoxy) is 1. The topological polar surface area (TPSA) is 83.0 Å². The Balaban J connectivity index is 2.22. The number of carbonyl (C=O) groups excluding carboxylic acids is 1. The average molecular weight is 402 g/mol. The fourth-order valence-electron chi connectivity index (χ4n) is 2.48. The number of hydrogen-bond acceptors (Lipinski definition) is 5. The Morgan fingerprint density at radius 3 is 2.36 bits per heavy atom.